The predicted molar refractivity (Wildman–Crippen MR) is 113 cm³/mol. The molecule has 7 nitrogen and oxygen atoms in total. The van der Waals surface area contributed by atoms with Crippen molar-refractivity contribution in [3.63, 3.8) is 0 Å². The van der Waals surface area contributed by atoms with Crippen LogP contribution in [0.25, 0.3) is 0 Å². The lowest BCUT2D eigenvalue weighted by Gasteiger charge is -2.48. The number of allylic oxidation sites excluding steroid dienone is 5. The monoisotopic (exact) mass is 401 g/mol. The van der Waals surface area contributed by atoms with Gasteiger partial charge in [-0.15, -0.1) is 0 Å². The third-order valence-electron chi connectivity index (χ3n) is 5.18. The van der Waals surface area contributed by atoms with E-state index < -0.39 is 6.10 Å². The Balaban J connectivity index is 1.92. The number of piperidine rings is 1. The highest BCUT2D eigenvalue weighted by atomic mass is 16.5. The Hall–Kier alpha value is -2.51. The van der Waals surface area contributed by atoms with Gasteiger partial charge in [0, 0.05) is 38.0 Å². The molecular weight excluding hydrogens is 370 g/mol. The van der Waals surface area contributed by atoms with Crippen LogP contribution in [-0.4, -0.2) is 73.4 Å². The first-order valence-electron chi connectivity index (χ1n) is 9.90. The molecule has 0 radical (unpaired) electrons. The Morgan fingerprint density at radius 3 is 2.76 bits per heavy atom. The molecule has 2 aliphatic heterocycles. The van der Waals surface area contributed by atoms with Crippen molar-refractivity contribution in [3.05, 3.63) is 48.9 Å². The second-order valence-electron chi connectivity index (χ2n) is 7.23. The summed E-state index contributed by atoms with van der Waals surface area (Å²) in [5.74, 6) is -0.0130. The van der Waals surface area contributed by atoms with E-state index in [9.17, 15) is 9.59 Å². The van der Waals surface area contributed by atoms with Gasteiger partial charge in [-0.25, -0.2) is 4.99 Å². The van der Waals surface area contributed by atoms with Crippen LogP contribution < -0.4 is 0 Å². The average Bonchev–Trinajstić information content (AvgIpc) is 2.72. The number of carbonyl (C=O) groups excluding carboxylic acids is 2. The SMILES string of the molecule is C=C/C=C\C=C\N1CC2(CCN(CC/C(=C/C=O)N=COC)CC2)OC(C)C1=O. The minimum absolute atomic E-state index is 0.0130. The minimum Gasteiger partial charge on any atom is -0.486 e. The molecule has 0 aromatic rings. The molecule has 0 aliphatic carbocycles. The molecule has 2 heterocycles. The van der Waals surface area contributed by atoms with Crippen LogP contribution >= 0.6 is 0 Å². The van der Waals surface area contributed by atoms with Crippen molar-refractivity contribution in [1.29, 1.82) is 0 Å². The van der Waals surface area contributed by atoms with Crippen LogP contribution in [0.3, 0.4) is 0 Å². The largest absolute Gasteiger partial charge is 0.486 e. The van der Waals surface area contributed by atoms with Crippen molar-refractivity contribution in [2.24, 2.45) is 4.99 Å². The number of aldehydes is 1. The van der Waals surface area contributed by atoms with Crippen LogP contribution in [0.4, 0.5) is 0 Å². The molecular formula is C22H31N3O4. The summed E-state index contributed by atoms with van der Waals surface area (Å²) in [5.41, 5.74) is 0.380. The van der Waals surface area contributed by atoms with Crippen LogP contribution in [0, 0.1) is 0 Å². The molecule has 0 saturated carbocycles. The lowest BCUT2D eigenvalue weighted by atomic mass is 9.88. The topological polar surface area (TPSA) is 71.4 Å². The van der Waals surface area contributed by atoms with Gasteiger partial charge in [-0.1, -0.05) is 24.8 Å². The highest BCUT2D eigenvalue weighted by Gasteiger charge is 2.44. The maximum Gasteiger partial charge on any atom is 0.255 e. The zero-order chi connectivity index (χ0) is 21.1. The van der Waals surface area contributed by atoms with E-state index in [-0.39, 0.29) is 11.5 Å². The van der Waals surface area contributed by atoms with Crippen molar-refractivity contribution >= 4 is 18.6 Å². The van der Waals surface area contributed by atoms with E-state index in [0.29, 0.717) is 18.7 Å². The van der Waals surface area contributed by atoms with Crippen molar-refractivity contribution < 1.29 is 19.1 Å². The smallest absolute Gasteiger partial charge is 0.255 e. The maximum absolute atomic E-state index is 12.4. The molecule has 1 amide bonds. The molecule has 0 N–H and O–H groups in total. The molecule has 158 valence electrons. The average molecular weight is 402 g/mol. The third kappa shape index (κ3) is 6.80. The predicted octanol–water partition coefficient (Wildman–Crippen LogP) is 2.47. The first-order chi connectivity index (χ1) is 14.0. The Labute approximate surface area is 173 Å². The standard InChI is InChI=1S/C22H31N3O4/c1-4-5-6-7-12-25-17-22(29-19(2)21(25)27)10-14-24(15-11-22)13-8-20(9-16-26)23-18-28-3/h4-7,9,12,16,18-19H,1,8,10-11,13-15,17H2,2-3H3/b6-5-,12-7+,20-9-,23-18?. The molecule has 1 atom stereocenters. The maximum atomic E-state index is 12.4. The molecule has 0 aromatic carbocycles. The summed E-state index contributed by atoms with van der Waals surface area (Å²) in [7, 11) is 1.52. The van der Waals surface area contributed by atoms with Gasteiger partial charge in [0.15, 0.2) is 6.40 Å². The van der Waals surface area contributed by atoms with Gasteiger partial charge in [-0.2, -0.15) is 0 Å². The fourth-order valence-corrected chi connectivity index (χ4v) is 3.63. The van der Waals surface area contributed by atoms with Gasteiger partial charge < -0.3 is 19.3 Å². The van der Waals surface area contributed by atoms with E-state index in [0.717, 1.165) is 38.8 Å². The summed E-state index contributed by atoms with van der Waals surface area (Å²) in [6, 6.07) is 0. The highest BCUT2D eigenvalue weighted by Crippen LogP contribution is 2.33. The second-order valence-corrected chi connectivity index (χ2v) is 7.23. The summed E-state index contributed by atoms with van der Waals surface area (Å²) in [6.07, 6.45) is 14.5. The third-order valence-corrected chi connectivity index (χ3v) is 5.18. The Morgan fingerprint density at radius 1 is 1.34 bits per heavy atom. The van der Waals surface area contributed by atoms with E-state index in [4.69, 9.17) is 9.47 Å². The summed E-state index contributed by atoms with van der Waals surface area (Å²) >= 11 is 0. The number of nitrogens with zero attached hydrogens (tertiary/aromatic N) is 3. The Bertz CT molecular complexity index is 688. The first-order valence-corrected chi connectivity index (χ1v) is 9.90. The minimum atomic E-state index is -0.450. The second kappa shape index (κ2) is 11.5. The number of rotatable bonds is 9. The van der Waals surface area contributed by atoms with Crippen molar-refractivity contribution in [2.45, 2.75) is 37.9 Å². The Kier molecular flexibility index (Phi) is 9.02. The van der Waals surface area contributed by atoms with Crippen molar-refractivity contribution in [2.75, 3.05) is 33.3 Å². The quantitative estimate of drug-likeness (QED) is 0.195. The molecule has 0 bridgehead atoms. The van der Waals surface area contributed by atoms with Crippen LogP contribution in [0.15, 0.2) is 53.8 Å². The summed E-state index contributed by atoms with van der Waals surface area (Å²) < 4.78 is 11.0. The molecule has 2 aliphatic rings. The molecule has 2 rings (SSSR count). The summed E-state index contributed by atoms with van der Waals surface area (Å²) in [6.45, 7) is 8.58. The van der Waals surface area contributed by atoms with Gasteiger partial charge in [0.2, 0.25) is 0 Å². The highest BCUT2D eigenvalue weighted by molar-refractivity contribution is 5.82. The molecule has 2 saturated heterocycles. The molecule has 1 unspecified atom stereocenters. The number of hydrogen-bond acceptors (Lipinski definition) is 6. The molecule has 29 heavy (non-hydrogen) atoms. The molecule has 1 spiro atoms. The van der Waals surface area contributed by atoms with Crippen LogP contribution in [0.2, 0.25) is 0 Å². The van der Waals surface area contributed by atoms with E-state index in [1.54, 1.807) is 11.0 Å². The number of aliphatic imine (C=N–C) groups is 1. The van der Waals surface area contributed by atoms with E-state index in [1.807, 2.05) is 31.4 Å². The lowest BCUT2D eigenvalue weighted by Crippen LogP contribution is -2.60. The van der Waals surface area contributed by atoms with Gasteiger partial charge in [0.05, 0.1) is 19.3 Å². The van der Waals surface area contributed by atoms with Gasteiger partial charge >= 0.3 is 0 Å². The first kappa shape index (κ1) is 22.8. The zero-order valence-electron chi connectivity index (χ0n) is 17.3. The number of carbonyl (C=O) groups is 2. The summed E-state index contributed by atoms with van der Waals surface area (Å²) in [5, 5.41) is 0. The van der Waals surface area contributed by atoms with Crippen LogP contribution in [0.5, 0.6) is 0 Å². The fourth-order valence-electron chi connectivity index (χ4n) is 3.63. The molecule has 0 aromatic heterocycles. The normalized spacial score (nSPS) is 23.5. The van der Waals surface area contributed by atoms with Crippen LogP contribution in [0.1, 0.15) is 26.2 Å². The number of ether oxygens (including phenoxy) is 2. The van der Waals surface area contributed by atoms with Gasteiger partial charge in [0.1, 0.15) is 12.4 Å². The number of methoxy groups -OCH3 is 1. The van der Waals surface area contributed by atoms with Gasteiger partial charge in [-0.05, 0) is 31.9 Å². The van der Waals surface area contributed by atoms with E-state index in [1.165, 1.54) is 19.6 Å². The van der Waals surface area contributed by atoms with E-state index in [2.05, 4.69) is 16.5 Å². The Morgan fingerprint density at radius 2 is 2.10 bits per heavy atom. The van der Waals surface area contributed by atoms with Gasteiger partial charge in [0.25, 0.3) is 5.91 Å². The number of hydrogen-bond donors (Lipinski definition) is 0. The van der Waals surface area contributed by atoms with E-state index >= 15 is 0 Å². The number of morpholine rings is 1. The van der Waals surface area contributed by atoms with Crippen LogP contribution in [-0.2, 0) is 19.1 Å². The zero-order valence-corrected chi connectivity index (χ0v) is 17.3. The molecule has 2 fully saturated rings. The number of likely N-dealkylation sites (tertiary alicyclic amines) is 1. The van der Waals surface area contributed by atoms with Crippen molar-refractivity contribution in [1.82, 2.24) is 9.80 Å². The summed E-state index contributed by atoms with van der Waals surface area (Å²) in [4.78, 5) is 31.4. The lowest BCUT2D eigenvalue weighted by molar-refractivity contribution is -0.184. The van der Waals surface area contributed by atoms with Gasteiger partial charge in [-0.3, -0.25) is 9.59 Å². The molecule has 7 heteroatoms. The van der Waals surface area contributed by atoms with Crippen molar-refractivity contribution in [3.8, 4) is 0 Å². The fraction of sp³-hybridized carbons (Fsp3) is 0.500. The number of amides is 1.